The van der Waals surface area contributed by atoms with Crippen molar-refractivity contribution >= 4 is 45.7 Å². The molecule has 3 saturated heterocycles. The summed E-state index contributed by atoms with van der Waals surface area (Å²) in [5.74, 6) is 2.50. The van der Waals surface area contributed by atoms with Gasteiger partial charge < -0.3 is 34.7 Å². The summed E-state index contributed by atoms with van der Waals surface area (Å²) < 4.78 is 1.45. The fraction of sp³-hybridized carbons (Fsp3) is 0.444. The number of carbonyl (C=O) groups excluding carboxylic acids is 1. The van der Waals surface area contributed by atoms with Crippen LogP contribution in [0.1, 0.15) is 74.8 Å². The molecule has 10 rings (SSSR count). The van der Waals surface area contributed by atoms with Gasteiger partial charge in [0.2, 0.25) is 11.9 Å². The van der Waals surface area contributed by atoms with Gasteiger partial charge in [-0.2, -0.15) is 15.3 Å². The number of aromatic amines is 1. The van der Waals surface area contributed by atoms with Gasteiger partial charge in [0, 0.05) is 108 Å². The molecule has 0 saturated carbocycles. The lowest BCUT2D eigenvalue weighted by Gasteiger charge is -2.43. The summed E-state index contributed by atoms with van der Waals surface area (Å²) >= 11 is 6.84. The van der Waals surface area contributed by atoms with Crippen LogP contribution in [0.3, 0.4) is 0 Å². The molecule has 71 heavy (non-hydrogen) atoms. The Morgan fingerprint density at radius 1 is 0.873 bits per heavy atom. The molecule has 4 aliphatic rings. The Bertz CT molecular complexity index is 3000. The van der Waals surface area contributed by atoms with E-state index >= 15 is 0 Å². The molecule has 6 heterocycles. The number of carbonyl (C=O) groups is 1. The molecule has 3 fully saturated rings. The summed E-state index contributed by atoms with van der Waals surface area (Å²) in [6.07, 6.45) is 3.58. The number of rotatable bonds is 12. The number of benzene rings is 4. The molecule has 6 aromatic rings. The highest BCUT2D eigenvalue weighted by Gasteiger charge is 2.35. The maximum atomic E-state index is 13.0. The van der Waals surface area contributed by atoms with Crippen molar-refractivity contribution in [2.24, 2.45) is 5.92 Å². The van der Waals surface area contributed by atoms with E-state index in [0.29, 0.717) is 55.3 Å². The van der Waals surface area contributed by atoms with Crippen molar-refractivity contribution < 1.29 is 15.0 Å². The Morgan fingerprint density at radius 3 is 2.35 bits per heavy atom. The zero-order valence-electron chi connectivity index (χ0n) is 40.9. The molecule has 2 aromatic heterocycles. The lowest BCUT2D eigenvalue weighted by atomic mass is 9.96. The molecule has 0 spiro atoms. The highest BCUT2D eigenvalue weighted by atomic mass is 35.5. The molecule has 0 unspecified atom stereocenters. The van der Waals surface area contributed by atoms with E-state index in [1.54, 1.807) is 6.07 Å². The van der Waals surface area contributed by atoms with Gasteiger partial charge in [0.1, 0.15) is 17.3 Å². The van der Waals surface area contributed by atoms with E-state index in [9.17, 15) is 25.1 Å². The number of nitrogens with zero attached hydrogens (tertiary/aromatic N) is 11. The minimum Gasteiger partial charge on any atom is -0.508 e. The Labute approximate surface area is 419 Å². The van der Waals surface area contributed by atoms with Gasteiger partial charge in [-0.3, -0.25) is 9.69 Å². The number of phenolic OH excluding ortho intramolecular Hbond substituents is 2. The van der Waals surface area contributed by atoms with Crippen LogP contribution in [-0.2, 0) is 24.3 Å². The maximum Gasteiger partial charge on any atom is 0.348 e. The van der Waals surface area contributed by atoms with Crippen molar-refractivity contribution in [3.8, 4) is 34.6 Å². The van der Waals surface area contributed by atoms with Crippen LogP contribution >= 0.6 is 11.6 Å². The van der Waals surface area contributed by atoms with Gasteiger partial charge in [0.15, 0.2) is 5.82 Å². The number of piperazine rings is 2. The largest absolute Gasteiger partial charge is 0.508 e. The predicted molar refractivity (Wildman–Crippen MR) is 278 cm³/mol. The van der Waals surface area contributed by atoms with E-state index in [2.05, 4.69) is 65.0 Å². The van der Waals surface area contributed by atoms with Crippen molar-refractivity contribution in [2.75, 3.05) is 86.7 Å². The third-order valence-electron chi connectivity index (χ3n) is 15.1. The second-order valence-corrected chi connectivity index (χ2v) is 20.3. The Hall–Kier alpha value is -6.67. The zero-order chi connectivity index (χ0) is 49.3. The molecular formula is C54H63ClN12O4. The first-order valence-electron chi connectivity index (χ1n) is 25.2. The van der Waals surface area contributed by atoms with Crippen molar-refractivity contribution in [1.29, 1.82) is 5.26 Å². The minimum absolute atomic E-state index is 0.00354. The topological polar surface area (TPSA) is 177 Å². The number of amides is 1. The summed E-state index contributed by atoms with van der Waals surface area (Å²) in [6, 6.07) is 25.5. The monoisotopic (exact) mass is 978 g/mol. The molecule has 0 aliphatic carbocycles. The SMILES string of the molecule is CCC(=O)N1CCN(c2nc(N3CCC(CN4CCN(Cc5ccc(-n6c(-c7cc(C(C)C)c(O)cc7O)n[nH]c6=O)cc5)CC4)CC3)nc3c2CCN(c2cccc4cccc(Cl)c24)C3)C[C@@H]1CC#N. The normalized spacial score (nSPS) is 18.3. The van der Waals surface area contributed by atoms with Crippen molar-refractivity contribution in [2.45, 2.75) is 77.9 Å². The molecule has 16 nitrogen and oxygen atoms in total. The Morgan fingerprint density at radius 2 is 1.62 bits per heavy atom. The lowest BCUT2D eigenvalue weighted by Crippen LogP contribution is -2.55. The van der Waals surface area contributed by atoms with Crippen LogP contribution in [0, 0.1) is 17.2 Å². The zero-order valence-corrected chi connectivity index (χ0v) is 41.7. The molecule has 370 valence electrons. The summed E-state index contributed by atoms with van der Waals surface area (Å²) in [6.45, 7) is 16.6. The first-order chi connectivity index (χ1) is 34.5. The van der Waals surface area contributed by atoms with Gasteiger partial charge in [-0.15, -0.1) is 0 Å². The van der Waals surface area contributed by atoms with Gasteiger partial charge in [-0.1, -0.05) is 68.8 Å². The van der Waals surface area contributed by atoms with E-state index in [1.807, 2.05) is 62.1 Å². The molecular weight excluding hydrogens is 916 g/mol. The van der Waals surface area contributed by atoms with Crippen LogP contribution in [0.15, 0.2) is 77.6 Å². The average Bonchev–Trinajstić information content (AvgIpc) is 3.76. The summed E-state index contributed by atoms with van der Waals surface area (Å²) in [4.78, 5) is 50.8. The molecule has 0 bridgehead atoms. The molecule has 4 aromatic carbocycles. The number of hydrogen-bond acceptors (Lipinski definition) is 13. The number of nitriles is 1. The van der Waals surface area contributed by atoms with E-state index in [-0.39, 0.29) is 41.6 Å². The number of H-pyrrole nitrogens is 1. The summed E-state index contributed by atoms with van der Waals surface area (Å²) in [5.41, 5.74) is 5.68. The van der Waals surface area contributed by atoms with Crippen LogP contribution in [0.2, 0.25) is 5.02 Å². The van der Waals surface area contributed by atoms with Gasteiger partial charge in [0.25, 0.3) is 0 Å². The summed E-state index contributed by atoms with van der Waals surface area (Å²) in [5, 5.41) is 40.6. The third-order valence-corrected chi connectivity index (χ3v) is 15.4. The fourth-order valence-corrected chi connectivity index (χ4v) is 11.5. The first kappa shape index (κ1) is 48.0. The van der Waals surface area contributed by atoms with Crippen LogP contribution in [0.5, 0.6) is 11.5 Å². The Kier molecular flexibility index (Phi) is 13.9. The number of halogens is 1. The number of fused-ring (bicyclic) bond motifs is 2. The smallest absolute Gasteiger partial charge is 0.348 e. The second-order valence-electron chi connectivity index (χ2n) is 19.9. The second kappa shape index (κ2) is 20.6. The summed E-state index contributed by atoms with van der Waals surface area (Å²) in [7, 11) is 0. The standard InChI is InChI=1S/C54H63ClN12O4/c1-4-49(70)66-28-27-65(33-40(66)15-19-56)51-41-18-22-64(46-10-6-8-38-7-5-9-44(55)50(38)46)34-45(41)57-53(58-51)63-20-16-37(17-21-63)32-62-25-23-61(24-26-62)31-36-11-13-39(14-12-36)67-52(59-60-54(67)71)43-29-42(35(2)3)47(68)30-48(43)69/h5-14,29-30,35,37,40,68-69H,4,15-18,20-28,31-34H2,1-3H3,(H,60,71)/t40-/m0/s1. The van der Waals surface area contributed by atoms with Crippen LogP contribution in [0.4, 0.5) is 17.5 Å². The van der Waals surface area contributed by atoms with Crippen LogP contribution in [0.25, 0.3) is 27.8 Å². The maximum absolute atomic E-state index is 13.0. The quantitative estimate of drug-likeness (QED) is 0.112. The number of phenols is 2. The lowest BCUT2D eigenvalue weighted by molar-refractivity contribution is -0.133. The van der Waals surface area contributed by atoms with Crippen molar-refractivity contribution in [3.05, 3.63) is 111 Å². The van der Waals surface area contributed by atoms with E-state index in [0.717, 1.165) is 128 Å². The highest BCUT2D eigenvalue weighted by Crippen LogP contribution is 2.40. The van der Waals surface area contributed by atoms with E-state index < -0.39 is 5.69 Å². The molecule has 1 atom stereocenters. The first-order valence-corrected chi connectivity index (χ1v) is 25.6. The minimum atomic E-state index is -0.413. The van der Waals surface area contributed by atoms with Crippen LogP contribution < -0.4 is 20.4 Å². The number of nitrogens with one attached hydrogen (secondary N) is 1. The number of aromatic hydroxyl groups is 2. The molecule has 1 amide bonds. The molecule has 0 radical (unpaired) electrons. The van der Waals surface area contributed by atoms with Crippen molar-refractivity contribution in [1.82, 2.24) is 39.4 Å². The molecule has 3 N–H and O–H groups in total. The molecule has 17 heteroatoms. The highest BCUT2D eigenvalue weighted by molar-refractivity contribution is 6.36. The predicted octanol–water partition coefficient (Wildman–Crippen LogP) is 7.30. The van der Waals surface area contributed by atoms with Gasteiger partial charge >= 0.3 is 5.69 Å². The van der Waals surface area contributed by atoms with Gasteiger partial charge in [-0.25, -0.2) is 19.4 Å². The van der Waals surface area contributed by atoms with E-state index in [4.69, 9.17) is 21.6 Å². The third kappa shape index (κ3) is 9.87. The van der Waals surface area contributed by atoms with Crippen LogP contribution in [-0.4, -0.2) is 134 Å². The fourth-order valence-electron chi connectivity index (χ4n) is 11.2. The van der Waals surface area contributed by atoms with Gasteiger partial charge in [0.05, 0.1) is 47.0 Å². The van der Waals surface area contributed by atoms with Crippen molar-refractivity contribution in [3.63, 3.8) is 0 Å². The number of anilines is 3. The number of hydrogen-bond donors (Lipinski definition) is 3. The van der Waals surface area contributed by atoms with Gasteiger partial charge in [-0.05, 0) is 77.9 Å². The number of aromatic nitrogens is 5. The average molecular weight is 980 g/mol. The molecule has 4 aliphatic heterocycles. The Balaban J connectivity index is 0.783. The van der Waals surface area contributed by atoms with E-state index in [1.165, 1.54) is 10.6 Å². The number of piperidine rings is 1.